The number of aromatic nitrogens is 1. The number of ether oxygens (including phenoxy) is 2. The number of nitrogens with zero attached hydrogens (tertiary/aromatic N) is 1. The third-order valence-corrected chi connectivity index (χ3v) is 2.47. The first-order valence-electron chi connectivity index (χ1n) is 4.96. The first kappa shape index (κ1) is 10.9. The van der Waals surface area contributed by atoms with E-state index in [1.54, 1.807) is 0 Å². The molecular weight excluding hydrogens is 209 g/mol. The molecule has 0 spiro atoms. The fourth-order valence-electron chi connectivity index (χ4n) is 1.41. The Morgan fingerprint density at radius 1 is 1.69 bits per heavy atom. The molecule has 1 saturated heterocycles. The molecule has 84 valence electrons. The van der Waals surface area contributed by atoms with Gasteiger partial charge in [0.05, 0.1) is 25.4 Å². The molecule has 0 amide bonds. The molecule has 1 fully saturated rings. The van der Waals surface area contributed by atoms with E-state index in [-0.39, 0.29) is 16.9 Å². The van der Waals surface area contributed by atoms with Crippen molar-refractivity contribution in [3.63, 3.8) is 0 Å². The average Bonchev–Trinajstić information content (AvgIpc) is 2.25. The van der Waals surface area contributed by atoms with Crippen LogP contribution in [0.15, 0.2) is 12.3 Å². The van der Waals surface area contributed by atoms with Crippen molar-refractivity contribution in [3.8, 4) is 18.2 Å². The molecule has 0 N–H and O–H groups in total. The number of halogens is 1. The Morgan fingerprint density at radius 3 is 3.00 bits per heavy atom. The first-order chi connectivity index (χ1) is 7.64. The van der Waals surface area contributed by atoms with Gasteiger partial charge in [-0.25, -0.2) is 4.98 Å². The summed E-state index contributed by atoms with van der Waals surface area (Å²) in [7, 11) is 0. The predicted molar refractivity (Wildman–Crippen MR) is 56.6 cm³/mol. The number of hydrogen-bond acceptors (Lipinski definition) is 3. The van der Waals surface area contributed by atoms with Crippen LogP contribution in [0, 0.1) is 23.6 Å². The van der Waals surface area contributed by atoms with Gasteiger partial charge in [-0.15, -0.1) is 6.42 Å². The lowest BCUT2D eigenvalue weighted by atomic mass is 9.90. The van der Waals surface area contributed by atoms with Crippen molar-refractivity contribution in [3.05, 3.63) is 23.6 Å². The van der Waals surface area contributed by atoms with Crippen LogP contribution in [-0.2, 0) is 4.74 Å². The van der Waals surface area contributed by atoms with E-state index in [0.717, 1.165) is 0 Å². The summed E-state index contributed by atoms with van der Waals surface area (Å²) in [6.07, 6.45) is 6.58. The molecule has 1 aromatic heterocycles. The molecule has 0 radical (unpaired) electrons. The third-order valence-electron chi connectivity index (χ3n) is 2.47. The predicted octanol–water partition coefficient (Wildman–Crippen LogP) is 1.62. The van der Waals surface area contributed by atoms with Gasteiger partial charge in [0.1, 0.15) is 0 Å². The Bertz CT molecular complexity index is 435. The number of hydrogen-bond donors (Lipinski definition) is 0. The summed E-state index contributed by atoms with van der Waals surface area (Å²) in [4.78, 5) is 3.81. The number of pyridine rings is 1. The summed E-state index contributed by atoms with van der Waals surface area (Å²) in [6.45, 7) is 3.65. The summed E-state index contributed by atoms with van der Waals surface area (Å²) in [5, 5.41) is 0. The Hall–Kier alpha value is -1.60. The van der Waals surface area contributed by atoms with Crippen LogP contribution in [-0.4, -0.2) is 24.8 Å². The van der Waals surface area contributed by atoms with Crippen molar-refractivity contribution in [1.82, 2.24) is 4.98 Å². The van der Waals surface area contributed by atoms with E-state index < -0.39 is 5.82 Å². The van der Waals surface area contributed by atoms with E-state index in [1.165, 1.54) is 12.3 Å². The highest BCUT2D eigenvalue weighted by molar-refractivity contribution is 5.36. The fraction of sp³-hybridized carbons (Fsp3) is 0.417. The minimum absolute atomic E-state index is 0.0384. The van der Waals surface area contributed by atoms with Crippen LogP contribution in [0.5, 0.6) is 5.88 Å². The van der Waals surface area contributed by atoms with Crippen molar-refractivity contribution in [2.45, 2.75) is 6.92 Å². The van der Waals surface area contributed by atoms with Crippen molar-refractivity contribution in [2.24, 2.45) is 5.41 Å². The van der Waals surface area contributed by atoms with E-state index in [0.29, 0.717) is 19.8 Å². The van der Waals surface area contributed by atoms with Crippen LogP contribution in [0.4, 0.5) is 4.39 Å². The Balaban J connectivity index is 2.07. The average molecular weight is 221 g/mol. The van der Waals surface area contributed by atoms with Crippen LogP contribution < -0.4 is 4.74 Å². The van der Waals surface area contributed by atoms with Crippen LogP contribution in [0.2, 0.25) is 0 Å². The number of terminal acetylenes is 1. The monoisotopic (exact) mass is 221 g/mol. The molecule has 16 heavy (non-hydrogen) atoms. The van der Waals surface area contributed by atoms with E-state index >= 15 is 0 Å². The van der Waals surface area contributed by atoms with E-state index in [1.807, 2.05) is 6.92 Å². The van der Waals surface area contributed by atoms with Gasteiger partial charge in [-0.05, 0) is 6.07 Å². The molecule has 4 heteroatoms. The van der Waals surface area contributed by atoms with Crippen LogP contribution in [0.1, 0.15) is 12.5 Å². The summed E-state index contributed by atoms with van der Waals surface area (Å²) in [6, 6.07) is 1.44. The molecule has 3 nitrogen and oxygen atoms in total. The summed E-state index contributed by atoms with van der Waals surface area (Å²) in [5.41, 5.74) is 0.125. The molecule has 0 aliphatic carbocycles. The molecule has 0 saturated carbocycles. The van der Waals surface area contributed by atoms with Gasteiger partial charge in [0.15, 0.2) is 0 Å². The summed E-state index contributed by atoms with van der Waals surface area (Å²) >= 11 is 0. The molecule has 1 aliphatic rings. The lowest BCUT2D eigenvalue weighted by Crippen LogP contribution is -2.44. The zero-order chi connectivity index (χ0) is 11.6. The van der Waals surface area contributed by atoms with Crippen molar-refractivity contribution in [2.75, 3.05) is 19.8 Å². The molecule has 2 rings (SSSR count). The van der Waals surface area contributed by atoms with Crippen molar-refractivity contribution < 1.29 is 13.9 Å². The highest BCUT2D eigenvalue weighted by Gasteiger charge is 2.34. The van der Waals surface area contributed by atoms with E-state index in [9.17, 15) is 4.39 Å². The van der Waals surface area contributed by atoms with Gasteiger partial charge in [0.25, 0.3) is 5.88 Å². The molecule has 2 heterocycles. The molecule has 1 aliphatic heterocycles. The smallest absolute Gasteiger partial charge is 0.251 e. The molecule has 1 aromatic rings. The van der Waals surface area contributed by atoms with Crippen molar-refractivity contribution >= 4 is 0 Å². The second-order valence-electron chi connectivity index (χ2n) is 4.21. The van der Waals surface area contributed by atoms with Gasteiger partial charge >= 0.3 is 0 Å². The van der Waals surface area contributed by atoms with Gasteiger partial charge in [-0.2, -0.15) is 4.39 Å². The molecule has 0 unspecified atom stereocenters. The molecular formula is C12H12FNO2. The van der Waals surface area contributed by atoms with Gasteiger partial charge < -0.3 is 9.47 Å². The fourth-order valence-corrected chi connectivity index (χ4v) is 1.41. The Labute approximate surface area is 93.6 Å². The normalized spacial score (nSPS) is 17.3. The zero-order valence-corrected chi connectivity index (χ0v) is 9.00. The Morgan fingerprint density at radius 2 is 2.44 bits per heavy atom. The quantitative estimate of drug-likeness (QED) is 0.727. The van der Waals surface area contributed by atoms with Crippen LogP contribution >= 0.6 is 0 Å². The minimum Gasteiger partial charge on any atom is -0.475 e. The second-order valence-corrected chi connectivity index (χ2v) is 4.21. The Kier molecular flexibility index (Phi) is 2.80. The zero-order valence-electron chi connectivity index (χ0n) is 9.00. The van der Waals surface area contributed by atoms with Crippen LogP contribution in [0.3, 0.4) is 0 Å². The maximum atomic E-state index is 13.6. The largest absolute Gasteiger partial charge is 0.475 e. The standard InChI is InChI=1S/C12H12FNO2/c1-3-9-4-5-14-11(10(9)13)16-8-12(2)6-15-7-12/h1,4-5H,6-8H2,2H3. The maximum absolute atomic E-state index is 13.6. The topological polar surface area (TPSA) is 31.4 Å². The van der Waals surface area contributed by atoms with Gasteiger partial charge in [0.2, 0.25) is 5.82 Å². The van der Waals surface area contributed by atoms with Gasteiger partial charge in [-0.3, -0.25) is 0 Å². The highest BCUT2D eigenvalue weighted by Crippen LogP contribution is 2.28. The van der Waals surface area contributed by atoms with E-state index in [2.05, 4.69) is 10.9 Å². The SMILES string of the molecule is C#Cc1ccnc(OCC2(C)COC2)c1F. The van der Waals surface area contributed by atoms with Gasteiger partial charge in [0, 0.05) is 11.6 Å². The molecule has 0 atom stereocenters. The first-order valence-corrected chi connectivity index (χ1v) is 4.96. The second kappa shape index (κ2) is 4.11. The summed E-state index contributed by atoms with van der Waals surface area (Å²) < 4.78 is 24.0. The lowest BCUT2D eigenvalue weighted by Gasteiger charge is -2.37. The molecule has 0 aromatic carbocycles. The van der Waals surface area contributed by atoms with Crippen molar-refractivity contribution in [1.29, 1.82) is 0 Å². The lowest BCUT2D eigenvalue weighted by molar-refractivity contribution is -0.121. The van der Waals surface area contributed by atoms with E-state index in [4.69, 9.17) is 15.9 Å². The number of rotatable bonds is 3. The highest BCUT2D eigenvalue weighted by atomic mass is 19.1. The third kappa shape index (κ3) is 2.00. The summed E-state index contributed by atoms with van der Waals surface area (Å²) in [5.74, 6) is 1.63. The van der Waals surface area contributed by atoms with Gasteiger partial charge in [-0.1, -0.05) is 12.8 Å². The molecule has 0 bridgehead atoms. The maximum Gasteiger partial charge on any atom is 0.251 e. The van der Waals surface area contributed by atoms with Crippen LogP contribution in [0.25, 0.3) is 0 Å². The minimum atomic E-state index is -0.575.